The summed E-state index contributed by atoms with van der Waals surface area (Å²) < 4.78 is 0. The fourth-order valence-corrected chi connectivity index (χ4v) is 0.448. The summed E-state index contributed by atoms with van der Waals surface area (Å²) in [4.78, 5) is 3.98. The lowest BCUT2D eigenvalue weighted by Gasteiger charge is -2.01. The van der Waals surface area contributed by atoms with Crippen LogP contribution in [0.1, 0.15) is 6.92 Å². The molecular formula is C2H3B4N. The van der Waals surface area contributed by atoms with E-state index in [2.05, 4.69) is 4.90 Å². The molecule has 0 unspecified atom stereocenters. The third-order valence-corrected chi connectivity index (χ3v) is 0.813. The molecule has 4 radical (unpaired) electrons. The van der Waals surface area contributed by atoms with Gasteiger partial charge in [-0.2, -0.15) is 0 Å². The Hall–Kier alpha value is -0.0703. The summed E-state index contributed by atoms with van der Waals surface area (Å²) >= 11 is 0. The van der Waals surface area contributed by atoms with Gasteiger partial charge in [0.1, 0.15) is 7.17 Å². The average Bonchev–Trinajstić information content (AvgIpc) is 1.69. The van der Waals surface area contributed by atoms with E-state index in [1.807, 2.05) is 28.2 Å². The van der Waals surface area contributed by atoms with Crippen molar-refractivity contribution in [1.82, 2.24) is 0 Å². The molecule has 0 aromatic rings. The van der Waals surface area contributed by atoms with Crippen molar-refractivity contribution in [1.29, 1.82) is 0 Å². The van der Waals surface area contributed by atoms with Gasteiger partial charge in [-0.25, -0.2) is 0 Å². The maximum absolute atomic E-state index is 3.98. The highest BCUT2D eigenvalue weighted by Gasteiger charge is 2.01. The summed E-state index contributed by atoms with van der Waals surface area (Å²) in [5.74, 6) is 0. The van der Waals surface area contributed by atoms with E-state index >= 15 is 0 Å². The minimum absolute atomic E-state index is 1.07. The predicted octanol–water partition coefficient (Wildman–Crippen LogP) is -1.10. The van der Waals surface area contributed by atoms with Crippen LogP contribution in [0.4, 0.5) is 0 Å². The molecule has 0 saturated heterocycles. The molecule has 1 aliphatic rings. The minimum Gasteiger partial charge on any atom is -0.379 e. The standard InChI is InChI=1S/C2H3B4N/c1-2-3-4-5-6-7-2/h1H3. The molecule has 0 aliphatic carbocycles. The van der Waals surface area contributed by atoms with E-state index in [1.165, 1.54) is 0 Å². The fourth-order valence-electron chi connectivity index (χ4n) is 0.448. The van der Waals surface area contributed by atoms with Gasteiger partial charge >= 0.3 is 0 Å². The number of rotatable bonds is 0. The van der Waals surface area contributed by atoms with E-state index in [9.17, 15) is 0 Å². The topological polar surface area (TPSA) is 12.4 Å². The summed E-state index contributed by atoms with van der Waals surface area (Å²) in [6.45, 7) is 1.97. The monoisotopic (exact) mass is 85.1 g/mol. The van der Waals surface area contributed by atoms with Gasteiger partial charge < -0.3 is 4.90 Å². The highest BCUT2D eigenvalue weighted by molar-refractivity contribution is 7.50. The Morgan fingerprint density at radius 2 is 2.29 bits per heavy atom. The summed E-state index contributed by atoms with van der Waals surface area (Å²) in [7, 11) is 7.64. The van der Waals surface area contributed by atoms with Gasteiger partial charge in [0.05, 0.1) is 0 Å². The minimum atomic E-state index is 1.07. The van der Waals surface area contributed by atoms with Crippen molar-refractivity contribution in [3.8, 4) is 0 Å². The van der Waals surface area contributed by atoms with Crippen LogP contribution in [0, 0.1) is 0 Å². The number of hydrogen-bond donors (Lipinski definition) is 0. The second-order valence-corrected chi connectivity index (χ2v) is 1.47. The van der Waals surface area contributed by atoms with Crippen molar-refractivity contribution >= 4 is 34.2 Å². The molecule has 1 rings (SSSR count). The van der Waals surface area contributed by atoms with Gasteiger partial charge in [-0.3, -0.25) is 0 Å². The molecule has 0 atom stereocenters. The van der Waals surface area contributed by atoms with Crippen LogP contribution in [0.15, 0.2) is 4.90 Å². The SMILES string of the molecule is CC1=N[B][B][B][B]1. The lowest BCUT2D eigenvalue weighted by molar-refractivity contribution is 1.81. The first kappa shape index (κ1) is 5.07. The fraction of sp³-hybridized carbons (Fsp3) is 0.500. The zero-order valence-corrected chi connectivity index (χ0v) is 4.26. The van der Waals surface area contributed by atoms with E-state index in [1.54, 1.807) is 7.31 Å². The van der Waals surface area contributed by atoms with Crippen LogP contribution in [-0.4, -0.2) is 34.2 Å². The first-order valence-corrected chi connectivity index (χ1v) is 2.27. The van der Waals surface area contributed by atoms with Crippen molar-refractivity contribution in [2.24, 2.45) is 4.90 Å². The zero-order chi connectivity index (χ0) is 5.11. The lowest BCUT2D eigenvalue weighted by Crippen LogP contribution is -2.29. The Balaban J connectivity index is 2.40. The first-order valence-electron chi connectivity index (χ1n) is 2.27. The summed E-state index contributed by atoms with van der Waals surface area (Å²) in [5, 5.41) is 0. The molecule has 7 heavy (non-hydrogen) atoms. The van der Waals surface area contributed by atoms with Crippen LogP contribution in [0.2, 0.25) is 0 Å². The van der Waals surface area contributed by atoms with Crippen molar-refractivity contribution in [2.75, 3.05) is 0 Å². The normalized spacial score (nSPS) is 17.0. The Morgan fingerprint density at radius 1 is 1.43 bits per heavy atom. The van der Waals surface area contributed by atoms with Gasteiger partial charge in [0, 0.05) is 14.1 Å². The molecule has 0 aromatic carbocycles. The molecule has 5 heteroatoms. The van der Waals surface area contributed by atoms with E-state index in [4.69, 9.17) is 0 Å². The molecule has 0 N–H and O–H groups in total. The van der Waals surface area contributed by atoms with Crippen molar-refractivity contribution in [3.63, 3.8) is 0 Å². The third kappa shape index (κ3) is 1.46. The average molecular weight is 84.3 g/mol. The molecule has 1 heterocycles. The van der Waals surface area contributed by atoms with Crippen LogP contribution in [-0.2, 0) is 0 Å². The quantitative estimate of drug-likeness (QED) is 0.330. The highest BCUT2D eigenvalue weighted by atomic mass is 14.6. The van der Waals surface area contributed by atoms with Gasteiger partial charge in [0.25, 0.3) is 0 Å². The van der Waals surface area contributed by atoms with E-state index in [0.29, 0.717) is 0 Å². The second kappa shape index (κ2) is 2.29. The van der Waals surface area contributed by atoms with Crippen LogP contribution in [0.3, 0.4) is 0 Å². The summed E-state index contributed by atoms with van der Waals surface area (Å²) in [6, 6.07) is 0. The van der Waals surface area contributed by atoms with Crippen molar-refractivity contribution in [2.45, 2.75) is 6.92 Å². The van der Waals surface area contributed by atoms with Gasteiger partial charge in [-0.1, -0.05) is 5.61 Å². The van der Waals surface area contributed by atoms with Crippen LogP contribution < -0.4 is 0 Å². The van der Waals surface area contributed by atoms with Gasteiger partial charge in [-0.15, -0.1) is 0 Å². The molecular weight excluding hydrogens is 81.3 g/mol. The Morgan fingerprint density at radius 3 is 2.57 bits per heavy atom. The third-order valence-electron chi connectivity index (χ3n) is 0.813. The molecule has 0 bridgehead atoms. The number of hydrogen-bond acceptors (Lipinski definition) is 1. The highest BCUT2D eigenvalue weighted by Crippen LogP contribution is 1.77. The maximum Gasteiger partial charge on any atom is 0.212 e. The molecule has 0 spiro atoms. The molecule has 0 aromatic heterocycles. The first-order chi connectivity index (χ1) is 3.39. The van der Waals surface area contributed by atoms with Crippen LogP contribution in [0.5, 0.6) is 0 Å². The summed E-state index contributed by atoms with van der Waals surface area (Å²) in [5.41, 5.74) is 1.07. The molecule has 1 aliphatic heterocycles. The second-order valence-electron chi connectivity index (χ2n) is 1.47. The molecule has 0 saturated carbocycles. The maximum atomic E-state index is 3.98. The Kier molecular flexibility index (Phi) is 1.66. The van der Waals surface area contributed by atoms with E-state index in [0.717, 1.165) is 5.61 Å². The van der Waals surface area contributed by atoms with Gasteiger partial charge in [0.2, 0.25) is 7.31 Å². The summed E-state index contributed by atoms with van der Waals surface area (Å²) in [6.07, 6.45) is 0. The van der Waals surface area contributed by atoms with Crippen molar-refractivity contribution < 1.29 is 0 Å². The molecule has 28 valence electrons. The van der Waals surface area contributed by atoms with E-state index < -0.39 is 0 Å². The Bertz CT molecular complexity index is 89.7. The molecule has 0 amide bonds. The largest absolute Gasteiger partial charge is 0.379 e. The van der Waals surface area contributed by atoms with Crippen LogP contribution >= 0.6 is 0 Å². The van der Waals surface area contributed by atoms with Crippen molar-refractivity contribution in [3.05, 3.63) is 0 Å². The molecule has 0 fully saturated rings. The molecule has 1 nitrogen and oxygen atoms in total. The van der Waals surface area contributed by atoms with Gasteiger partial charge in [0.15, 0.2) is 0 Å². The predicted molar refractivity (Wildman–Crippen MR) is 36.1 cm³/mol. The zero-order valence-electron chi connectivity index (χ0n) is 4.26. The van der Waals surface area contributed by atoms with E-state index in [-0.39, 0.29) is 0 Å². The lowest BCUT2D eigenvalue weighted by atomic mass is 9.08. The Labute approximate surface area is 46.9 Å². The van der Waals surface area contributed by atoms with Crippen LogP contribution in [0.25, 0.3) is 0 Å². The van der Waals surface area contributed by atoms with Gasteiger partial charge in [-0.05, 0) is 6.92 Å². The smallest absolute Gasteiger partial charge is 0.212 e. The number of nitrogens with zero attached hydrogens (tertiary/aromatic N) is 1.